The maximum atomic E-state index is 10.7. The number of nitrogens with zero attached hydrogens (tertiary/aromatic N) is 3. The second kappa shape index (κ2) is 7.38. The smallest absolute Gasteiger partial charge is 0.149 e. The molecule has 0 radical (unpaired) electrons. The maximum absolute atomic E-state index is 10.7. The van der Waals surface area contributed by atoms with E-state index in [1.165, 1.54) is 0 Å². The predicted molar refractivity (Wildman–Crippen MR) is 106 cm³/mol. The van der Waals surface area contributed by atoms with Gasteiger partial charge in [-0.25, -0.2) is 4.98 Å². The van der Waals surface area contributed by atoms with Crippen molar-refractivity contribution in [3.05, 3.63) is 48.2 Å². The standard InChI is InChI=1S/C20H24N4O3/c1-20(25,24(2)3)13-6-7-17-18(8-13)23-19(12-21-17)22-14-9-15(26-4)11-16(10-14)27-5/h6-12,25H,1-5H3,(H,22,23). The molecule has 0 bridgehead atoms. The van der Waals surface area contributed by atoms with Crippen LogP contribution < -0.4 is 14.8 Å². The summed E-state index contributed by atoms with van der Waals surface area (Å²) in [6.45, 7) is 1.74. The van der Waals surface area contributed by atoms with Gasteiger partial charge in [0.15, 0.2) is 0 Å². The number of aliphatic hydroxyl groups is 1. The zero-order valence-corrected chi connectivity index (χ0v) is 16.1. The SMILES string of the molecule is COc1cc(Nc2cnc3ccc(C(C)(O)N(C)C)cc3n2)cc(OC)c1. The number of methoxy groups -OCH3 is 2. The van der Waals surface area contributed by atoms with Crippen molar-refractivity contribution in [1.29, 1.82) is 0 Å². The Bertz CT molecular complexity index is 935. The average molecular weight is 368 g/mol. The highest BCUT2D eigenvalue weighted by Crippen LogP contribution is 2.29. The summed E-state index contributed by atoms with van der Waals surface area (Å²) in [6.07, 6.45) is 1.66. The highest BCUT2D eigenvalue weighted by atomic mass is 16.5. The summed E-state index contributed by atoms with van der Waals surface area (Å²) in [5, 5.41) is 13.9. The van der Waals surface area contributed by atoms with Crippen LogP contribution in [-0.2, 0) is 5.72 Å². The molecular formula is C20H24N4O3. The molecule has 2 aromatic carbocycles. The van der Waals surface area contributed by atoms with Gasteiger partial charge in [0.1, 0.15) is 23.0 Å². The van der Waals surface area contributed by atoms with Crippen molar-refractivity contribution < 1.29 is 14.6 Å². The lowest BCUT2D eigenvalue weighted by molar-refractivity contribution is -0.0719. The summed E-state index contributed by atoms with van der Waals surface area (Å²) in [5.74, 6) is 1.93. The number of rotatable bonds is 6. The molecule has 1 heterocycles. The number of nitrogens with one attached hydrogen (secondary N) is 1. The molecule has 3 aromatic rings. The van der Waals surface area contributed by atoms with Crippen molar-refractivity contribution in [1.82, 2.24) is 14.9 Å². The van der Waals surface area contributed by atoms with Gasteiger partial charge in [0, 0.05) is 29.4 Å². The van der Waals surface area contributed by atoms with Crippen LogP contribution in [0.4, 0.5) is 11.5 Å². The molecular weight excluding hydrogens is 344 g/mol. The third kappa shape index (κ3) is 3.94. The highest BCUT2D eigenvalue weighted by Gasteiger charge is 2.26. The minimum atomic E-state index is -1.10. The second-order valence-corrected chi connectivity index (χ2v) is 6.60. The molecule has 3 rings (SSSR count). The first-order valence-electron chi connectivity index (χ1n) is 8.50. The van der Waals surface area contributed by atoms with Crippen molar-refractivity contribution in [3.8, 4) is 11.5 Å². The molecule has 0 fully saturated rings. The molecule has 0 aliphatic carbocycles. The fourth-order valence-electron chi connectivity index (χ4n) is 2.65. The Hall–Kier alpha value is -2.90. The third-order valence-electron chi connectivity index (χ3n) is 4.58. The largest absolute Gasteiger partial charge is 0.497 e. The first kappa shape index (κ1) is 18.9. The van der Waals surface area contributed by atoms with Crippen molar-refractivity contribution in [2.45, 2.75) is 12.6 Å². The van der Waals surface area contributed by atoms with E-state index in [-0.39, 0.29) is 0 Å². The summed E-state index contributed by atoms with van der Waals surface area (Å²) in [7, 11) is 6.85. The van der Waals surface area contributed by atoms with E-state index < -0.39 is 5.72 Å². The Morgan fingerprint density at radius 3 is 2.26 bits per heavy atom. The van der Waals surface area contributed by atoms with Gasteiger partial charge < -0.3 is 19.9 Å². The van der Waals surface area contributed by atoms with Gasteiger partial charge in [0.25, 0.3) is 0 Å². The third-order valence-corrected chi connectivity index (χ3v) is 4.58. The van der Waals surface area contributed by atoms with Gasteiger partial charge in [-0.05, 0) is 33.2 Å². The Morgan fingerprint density at radius 2 is 1.67 bits per heavy atom. The van der Waals surface area contributed by atoms with Gasteiger partial charge in [0.2, 0.25) is 0 Å². The molecule has 0 aliphatic heterocycles. The number of anilines is 2. The van der Waals surface area contributed by atoms with Gasteiger partial charge in [-0.15, -0.1) is 0 Å². The monoisotopic (exact) mass is 368 g/mol. The molecule has 2 N–H and O–H groups in total. The lowest BCUT2D eigenvalue weighted by Gasteiger charge is -2.31. The van der Waals surface area contributed by atoms with E-state index in [0.717, 1.165) is 16.8 Å². The lowest BCUT2D eigenvalue weighted by atomic mass is 10.0. The molecule has 1 aromatic heterocycles. The van der Waals surface area contributed by atoms with Gasteiger partial charge in [0.05, 0.1) is 31.4 Å². The topological polar surface area (TPSA) is 79.7 Å². The van der Waals surface area contributed by atoms with Crippen molar-refractivity contribution >= 4 is 22.5 Å². The van der Waals surface area contributed by atoms with Crippen LogP contribution in [0, 0.1) is 0 Å². The van der Waals surface area contributed by atoms with Crippen LogP contribution in [0.3, 0.4) is 0 Å². The zero-order chi connectivity index (χ0) is 19.6. The first-order valence-corrected chi connectivity index (χ1v) is 8.50. The van der Waals surface area contributed by atoms with Crippen molar-refractivity contribution in [3.63, 3.8) is 0 Å². The summed E-state index contributed by atoms with van der Waals surface area (Å²) in [6, 6.07) is 11.1. The molecule has 1 atom stereocenters. The van der Waals surface area contributed by atoms with Crippen LogP contribution in [0.15, 0.2) is 42.6 Å². The van der Waals surface area contributed by atoms with Crippen LogP contribution in [0.25, 0.3) is 11.0 Å². The molecule has 27 heavy (non-hydrogen) atoms. The van der Waals surface area contributed by atoms with Gasteiger partial charge in [-0.2, -0.15) is 0 Å². The second-order valence-electron chi connectivity index (χ2n) is 6.60. The fraction of sp³-hybridized carbons (Fsp3) is 0.300. The minimum absolute atomic E-state index is 0.583. The molecule has 142 valence electrons. The Labute approximate surface area is 158 Å². The zero-order valence-electron chi connectivity index (χ0n) is 16.1. The number of hydrogen-bond donors (Lipinski definition) is 2. The Balaban J connectivity index is 1.96. The van der Waals surface area contributed by atoms with Crippen molar-refractivity contribution in [2.24, 2.45) is 0 Å². The van der Waals surface area contributed by atoms with Crippen LogP contribution in [0.1, 0.15) is 12.5 Å². The van der Waals surface area contributed by atoms with E-state index in [2.05, 4.69) is 15.3 Å². The number of hydrogen-bond acceptors (Lipinski definition) is 7. The fourth-order valence-corrected chi connectivity index (χ4v) is 2.65. The van der Waals surface area contributed by atoms with E-state index in [9.17, 15) is 5.11 Å². The molecule has 7 nitrogen and oxygen atoms in total. The lowest BCUT2D eigenvalue weighted by Crippen LogP contribution is -2.38. The molecule has 1 unspecified atom stereocenters. The van der Waals surface area contributed by atoms with E-state index >= 15 is 0 Å². The molecule has 7 heteroatoms. The van der Waals surface area contributed by atoms with E-state index in [1.54, 1.807) is 38.3 Å². The van der Waals surface area contributed by atoms with Gasteiger partial charge in [-0.3, -0.25) is 9.88 Å². The highest BCUT2D eigenvalue weighted by molar-refractivity contribution is 5.77. The maximum Gasteiger partial charge on any atom is 0.149 e. The van der Waals surface area contributed by atoms with Crippen molar-refractivity contribution in [2.75, 3.05) is 33.6 Å². The summed E-state index contributed by atoms with van der Waals surface area (Å²) < 4.78 is 10.6. The van der Waals surface area contributed by atoms with Crippen LogP contribution in [0.2, 0.25) is 0 Å². The quantitative estimate of drug-likeness (QED) is 0.647. The summed E-state index contributed by atoms with van der Waals surface area (Å²) >= 11 is 0. The predicted octanol–water partition coefficient (Wildman–Crippen LogP) is 3.12. The number of ether oxygens (including phenoxy) is 2. The normalized spacial score (nSPS) is 13.4. The van der Waals surface area contributed by atoms with Gasteiger partial charge >= 0.3 is 0 Å². The van der Waals surface area contributed by atoms with Crippen LogP contribution >= 0.6 is 0 Å². The Morgan fingerprint density at radius 1 is 1.00 bits per heavy atom. The molecule has 0 aliphatic rings. The molecule has 0 spiro atoms. The Kier molecular flexibility index (Phi) is 5.16. The number of fused-ring (bicyclic) bond motifs is 1. The number of aromatic nitrogens is 2. The molecule has 0 saturated carbocycles. The van der Waals surface area contributed by atoms with E-state index in [4.69, 9.17) is 9.47 Å². The van der Waals surface area contributed by atoms with E-state index in [0.29, 0.717) is 22.8 Å². The van der Waals surface area contributed by atoms with Gasteiger partial charge in [-0.1, -0.05) is 6.07 Å². The van der Waals surface area contributed by atoms with E-state index in [1.807, 2.05) is 44.4 Å². The molecule has 0 saturated heterocycles. The van der Waals surface area contributed by atoms with Crippen LogP contribution in [-0.4, -0.2) is 48.3 Å². The first-order chi connectivity index (χ1) is 12.8. The summed E-state index contributed by atoms with van der Waals surface area (Å²) in [5.41, 5.74) is 1.86. The van der Waals surface area contributed by atoms with Crippen LogP contribution in [0.5, 0.6) is 11.5 Å². The minimum Gasteiger partial charge on any atom is -0.497 e. The average Bonchev–Trinajstić information content (AvgIpc) is 2.66. The number of benzene rings is 2. The summed E-state index contributed by atoms with van der Waals surface area (Å²) in [4.78, 5) is 10.8. The molecule has 0 amide bonds.